The number of imide groups is 1. The Hall–Kier alpha value is -1.90. The van der Waals surface area contributed by atoms with E-state index in [1.54, 1.807) is 25.6 Å². The molecule has 0 radical (unpaired) electrons. The van der Waals surface area contributed by atoms with Crippen molar-refractivity contribution in [3.63, 3.8) is 0 Å². The fourth-order valence-corrected chi connectivity index (χ4v) is 8.50. The summed E-state index contributed by atoms with van der Waals surface area (Å²) < 4.78 is 0.830. The highest BCUT2D eigenvalue weighted by Gasteiger charge is 2.50. The van der Waals surface area contributed by atoms with Gasteiger partial charge < -0.3 is 0 Å². The van der Waals surface area contributed by atoms with Gasteiger partial charge in [0.05, 0.1) is 27.9 Å². The highest BCUT2D eigenvalue weighted by atomic mass is 32.9. The normalized spacial score (nSPS) is 24.5. The van der Waals surface area contributed by atoms with Gasteiger partial charge >= 0.3 is 0 Å². The predicted molar refractivity (Wildman–Crippen MR) is 121 cm³/mol. The number of para-hydroxylation sites is 1. The number of likely N-dealkylation sites (tertiary alicyclic amines) is 1. The summed E-state index contributed by atoms with van der Waals surface area (Å²) >= 11 is 5.59. The quantitative estimate of drug-likeness (QED) is 0.362. The second kappa shape index (κ2) is 7.07. The summed E-state index contributed by atoms with van der Waals surface area (Å²) in [6.07, 6.45) is 3.44. The average molecular weight is 459 g/mol. The zero-order valence-electron chi connectivity index (χ0n) is 16.8. The number of hydrogen-bond acceptors (Lipinski definition) is 6. The third-order valence-corrected chi connectivity index (χ3v) is 9.97. The second-order valence-electron chi connectivity index (χ2n) is 8.72. The molecule has 2 aromatic rings. The van der Waals surface area contributed by atoms with Gasteiger partial charge in [-0.15, -0.1) is 0 Å². The minimum Gasteiger partial charge on any atom is -0.300 e. The molecule has 156 valence electrons. The lowest BCUT2D eigenvalue weighted by atomic mass is 9.81. The van der Waals surface area contributed by atoms with Crippen LogP contribution < -0.4 is 4.90 Å². The molecule has 3 heterocycles. The van der Waals surface area contributed by atoms with Gasteiger partial charge in [0.15, 0.2) is 0 Å². The van der Waals surface area contributed by atoms with Crippen molar-refractivity contribution in [1.82, 2.24) is 4.90 Å². The Morgan fingerprint density at radius 2 is 1.73 bits per heavy atom. The van der Waals surface area contributed by atoms with Crippen molar-refractivity contribution in [2.24, 2.45) is 11.8 Å². The van der Waals surface area contributed by atoms with Crippen LogP contribution in [0.4, 0.5) is 5.69 Å². The van der Waals surface area contributed by atoms with Crippen LogP contribution in [0.25, 0.3) is 11.1 Å². The first kappa shape index (κ1) is 20.0. The minimum atomic E-state index is -0.614. The van der Waals surface area contributed by atoms with Crippen LogP contribution in [0.5, 0.6) is 0 Å². The summed E-state index contributed by atoms with van der Waals surface area (Å²) in [5.41, 5.74) is 2.14. The van der Waals surface area contributed by atoms with Crippen molar-refractivity contribution in [1.29, 1.82) is 0 Å². The Kier molecular flexibility index (Phi) is 4.72. The van der Waals surface area contributed by atoms with Gasteiger partial charge in [0, 0.05) is 11.1 Å². The molecule has 1 saturated carbocycles. The standard InChI is InChI=1S/C22H22N2O3S3/c1-22(2)18-17(21(28)30-29-18)14-9-5-6-10-15(14)24(22)16(25)11-23-19(26)12-7-3-4-8-13(12)20(23)27/h5-6,9-10,12-13H,3-4,7-8,11H2,1-2H3/t12-,13-/m0/s1. The zero-order valence-corrected chi connectivity index (χ0v) is 19.3. The molecule has 3 amide bonds. The van der Waals surface area contributed by atoms with Crippen LogP contribution in [0, 0.1) is 15.7 Å². The average Bonchev–Trinajstić information content (AvgIpc) is 3.23. The Morgan fingerprint density at radius 3 is 2.40 bits per heavy atom. The maximum Gasteiger partial charge on any atom is 0.247 e. The van der Waals surface area contributed by atoms with Gasteiger partial charge in [-0.1, -0.05) is 63.9 Å². The van der Waals surface area contributed by atoms with E-state index in [2.05, 4.69) is 0 Å². The Bertz CT molecular complexity index is 1110. The summed E-state index contributed by atoms with van der Waals surface area (Å²) in [5, 5.41) is 0. The van der Waals surface area contributed by atoms with Crippen molar-refractivity contribution in [3.05, 3.63) is 33.0 Å². The van der Waals surface area contributed by atoms with E-state index in [-0.39, 0.29) is 36.1 Å². The zero-order chi connectivity index (χ0) is 21.2. The molecule has 0 unspecified atom stereocenters. The lowest BCUT2D eigenvalue weighted by molar-refractivity contribution is -0.143. The van der Waals surface area contributed by atoms with Crippen LogP contribution in [0.2, 0.25) is 0 Å². The summed E-state index contributed by atoms with van der Waals surface area (Å²) in [6.45, 7) is 3.81. The first-order valence-corrected chi connectivity index (χ1v) is 12.8. The molecule has 0 bridgehead atoms. The van der Waals surface area contributed by atoms with Gasteiger partial charge in [-0.05, 0) is 32.8 Å². The third kappa shape index (κ3) is 2.77. The van der Waals surface area contributed by atoms with Crippen molar-refractivity contribution < 1.29 is 14.4 Å². The van der Waals surface area contributed by atoms with Gasteiger partial charge in [0.1, 0.15) is 10.4 Å². The number of anilines is 1. The molecule has 1 aliphatic carbocycles. The number of fused-ring (bicyclic) bond motifs is 4. The van der Waals surface area contributed by atoms with Crippen molar-refractivity contribution >= 4 is 56.3 Å². The third-order valence-electron chi connectivity index (χ3n) is 6.64. The number of hydrogen-bond donors (Lipinski definition) is 0. The van der Waals surface area contributed by atoms with Crippen LogP contribution in [0.3, 0.4) is 0 Å². The summed E-state index contributed by atoms with van der Waals surface area (Å²) in [7, 11) is 3.15. The lowest BCUT2D eigenvalue weighted by Crippen LogP contribution is -2.52. The maximum absolute atomic E-state index is 13.6. The number of carbonyl (C=O) groups is 3. The first-order chi connectivity index (χ1) is 14.3. The van der Waals surface area contributed by atoms with Gasteiger partial charge in [0.25, 0.3) is 0 Å². The molecular weight excluding hydrogens is 436 g/mol. The van der Waals surface area contributed by atoms with Crippen molar-refractivity contribution in [2.75, 3.05) is 11.4 Å². The predicted octanol–water partition coefficient (Wildman–Crippen LogP) is 4.96. The van der Waals surface area contributed by atoms with Crippen LogP contribution in [-0.4, -0.2) is 29.2 Å². The van der Waals surface area contributed by atoms with Gasteiger partial charge in [0.2, 0.25) is 17.7 Å². The largest absolute Gasteiger partial charge is 0.300 e. The molecule has 1 saturated heterocycles. The van der Waals surface area contributed by atoms with E-state index < -0.39 is 5.54 Å². The molecule has 30 heavy (non-hydrogen) atoms. The second-order valence-corrected chi connectivity index (χ2v) is 11.5. The molecule has 2 atom stereocenters. The Morgan fingerprint density at radius 1 is 1.10 bits per heavy atom. The van der Waals surface area contributed by atoms with E-state index in [1.807, 2.05) is 38.1 Å². The molecule has 1 aromatic heterocycles. The van der Waals surface area contributed by atoms with Gasteiger partial charge in [-0.25, -0.2) is 0 Å². The number of nitrogens with zero attached hydrogens (tertiary/aromatic N) is 2. The molecule has 3 aliphatic rings. The highest BCUT2D eigenvalue weighted by Crippen LogP contribution is 2.52. The Balaban J connectivity index is 1.52. The van der Waals surface area contributed by atoms with Gasteiger partial charge in [-0.3, -0.25) is 24.2 Å². The van der Waals surface area contributed by atoms with Crippen LogP contribution >= 0.6 is 32.9 Å². The topological polar surface area (TPSA) is 57.7 Å². The summed E-state index contributed by atoms with van der Waals surface area (Å²) in [6, 6.07) is 7.75. The molecule has 0 spiro atoms. The number of carbonyl (C=O) groups excluding carboxylic acids is 3. The maximum atomic E-state index is 13.6. The smallest absolute Gasteiger partial charge is 0.247 e. The van der Waals surface area contributed by atoms with E-state index in [9.17, 15) is 14.4 Å². The van der Waals surface area contributed by atoms with E-state index in [0.29, 0.717) is 0 Å². The van der Waals surface area contributed by atoms with Crippen LogP contribution in [-0.2, 0) is 19.9 Å². The van der Waals surface area contributed by atoms with E-state index in [1.165, 1.54) is 4.90 Å². The summed E-state index contributed by atoms with van der Waals surface area (Å²) in [5.74, 6) is -1.06. The van der Waals surface area contributed by atoms with Crippen molar-refractivity contribution in [2.45, 2.75) is 45.1 Å². The lowest BCUT2D eigenvalue weighted by Gasteiger charge is -2.43. The first-order valence-electron chi connectivity index (χ1n) is 10.2. The Labute approximate surface area is 187 Å². The van der Waals surface area contributed by atoms with Crippen LogP contribution in [0.15, 0.2) is 24.3 Å². The molecule has 5 nitrogen and oxygen atoms in total. The van der Waals surface area contributed by atoms with E-state index >= 15 is 0 Å². The van der Waals surface area contributed by atoms with Crippen LogP contribution in [0.1, 0.15) is 44.4 Å². The van der Waals surface area contributed by atoms with Gasteiger partial charge in [-0.2, -0.15) is 0 Å². The molecule has 2 aliphatic heterocycles. The molecule has 2 fully saturated rings. The SMILES string of the molecule is CC1(C)c2ssc(=S)c2-c2ccccc2N1C(=O)CN1C(=O)[C@H]2CCCC[C@@H]2C1=O. The van der Waals surface area contributed by atoms with E-state index in [0.717, 1.165) is 51.2 Å². The molecule has 5 rings (SSSR count). The molecular formula is C22H22N2O3S3. The highest BCUT2D eigenvalue weighted by molar-refractivity contribution is 7.80. The fourth-order valence-electron chi connectivity index (χ4n) is 5.22. The minimum absolute atomic E-state index is 0.173. The molecule has 0 N–H and O–H groups in total. The summed E-state index contributed by atoms with van der Waals surface area (Å²) in [4.78, 5) is 43.4. The fraction of sp³-hybridized carbons (Fsp3) is 0.455. The molecule has 8 heteroatoms. The number of benzene rings is 1. The number of rotatable bonds is 2. The monoisotopic (exact) mass is 458 g/mol. The number of amides is 3. The molecule has 1 aromatic carbocycles. The van der Waals surface area contributed by atoms with E-state index in [4.69, 9.17) is 12.2 Å². The van der Waals surface area contributed by atoms with Crippen molar-refractivity contribution in [3.8, 4) is 11.1 Å².